The standard InChI is InChI=1S/C20H19NO5.C13H13NO5.C12H13NO3.H2/c1-20(19(24)25-14-16-10-6-3-7-11-16)18(23)21(13-17(22)26-20)12-15-8-4-2-5-9-15;1-13(12(17)18)11(16)14(8-10(15)19-13)7-9-5-3-2-4-6-9;1-9-12(15)13(8-11(14)16-9)7-10-5-3-2-4-6-10;/h2-11H,12-14H2,1H3;2-6H,7-8H2,1H3,(H,17,18);2-6,9H,7-8H2,1H3;1H/i;;;1+1. The van der Waals surface area contributed by atoms with Gasteiger partial charge >= 0.3 is 29.8 Å². The number of rotatable bonds is 10. The monoisotopic (exact) mass is 838 g/mol. The summed E-state index contributed by atoms with van der Waals surface area (Å²) >= 11 is 0. The van der Waals surface area contributed by atoms with Crippen molar-refractivity contribution in [2.45, 2.75) is 64.3 Å². The largest absolute Gasteiger partial charge is 0.478 e. The van der Waals surface area contributed by atoms with Crippen LogP contribution in [-0.4, -0.2) is 104 Å². The zero-order chi connectivity index (χ0) is 44.2. The van der Waals surface area contributed by atoms with Crippen molar-refractivity contribution < 1.29 is 63.8 Å². The molecule has 320 valence electrons. The van der Waals surface area contributed by atoms with Crippen LogP contribution >= 0.6 is 0 Å². The maximum absolute atomic E-state index is 12.8. The van der Waals surface area contributed by atoms with Crippen molar-refractivity contribution in [3.63, 3.8) is 0 Å². The van der Waals surface area contributed by atoms with E-state index in [0.717, 1.165) is 29.2 Å². The molecule has 61 heavy (non-hydrogen) atoms. The molecule has 0 aliphatic carbocycles. The maximum atomic E-state index is 12.8. The van der Waals surface area contributed by atoms with Gasteiger partial charge in [-0.25, -0.2) is 9.59 Å². The predicted molar refractivity (Wildman–Crippen MR) is 216 cm³/mol. The van der Waals surface area contributed by atoms with E-state index >= 15 is 0 Å². The second-order valence-electron chi connectivity index (χ2n) is 14.5. The number of aliphatic carboxylic acids is 1. The van der Waals surface area contributed by atoms with E-state index in [-0.39, 0.29) is 52.6 Å². The minimum atomic E-state index is -2.13. The van der Waals surface area contributed by atoms with Crippen LogP contribution in [0.2, 0.25) is 0 Å². The van der Waals surface area contributed by atoms with Crippen LogP contribution in [0.25, 0.3) is 0 Å². The van der Waals surface area contributed by atoms with Crippen molar-refractivity contribution in [1.29, 1.82) is 0 Å². The number of hydrogen-bond acceptors (Lipinski definition) is 12. The van der Waals surface area contributed by atoms with Gasteiger partial charge in [0.1, 0.15) is 26.2 Å². The maximum Gasteiger partial charge on any atom is 0.360 e. The van der Waals surface area contributed by atoms with Gasteiger partial charge in [-0.1, -0.05) is 121 Å². The predicted octanol–water partition coefficient (Wildman–Crippen LogP) is 3.70. The zero-order valence-corrected chi connectivity index (χ0v) is 33.8. The number of cyclic esters (lactones) is 3. The molecular weight excluding hydrogens is 791 g/mol. The van der Waals surface area contributed by atoms with E-state index in [1.807, 2.05) is 84.9 Å². The lowest BCUT2D eigenvalue weighted by Gasteiger charge is -2.36. The van der Waals surface area contributed by atoms with Crippen LogP contribution in [0.3, 0.4) is 0 Å². The van der Waals surface area contributed by atoms with Crippen LogP contribution in [0.4, 0.5) is 0 Å². The molecule has 3 unspecified atom stereocenters. The van der Waals surface area contributed by atoms with Gasteiger partial charge < -0.3 is 38.8 Å². The number of morpholine rings is 3. The van der Waals surface area contributed by atoms with Crippen LogP contribution in [-0.2, 0) is 83.5 Å². The van der Waals surface area contributed by atoms with Crippen molar-refractivity contribution in [2.75, 3.05) is 19.6 Å². The number of carbonyl (C=O) groups excluding carboxylic acids is 7. The minimum Gasteiger partial charge on any atom is -0.478 e. The molecule has 3 aliphatic rings. The Bertz CT molecular complexity index is 2230. The van der Waals surface area contributed by atoms with Crippen LogP contribution in [0.15, 0.2) is 121 Å². The number of carboxylic acid groups (broad SMARTS) is 1. The van der Waals surface area contributed by atoms with Crippen LogP contribution in [0.5, 0.6) is 0 Å². The number of carbonyl (C=O) groups is 8. The number of carboxylic acids is 1. The Balaban J connectivity index is 0.000000210. The molecule has 3 saturated heterocycles. The number of hydrogen-bond donors (Lipinski definition) is 1. The van der Waals surface area contributed by atoms with E-state index in [1.165, 1.54) is 21.6 Å². The third-order valence-electron chi connectivity index (χ3n) is 9.61. The van der Waals surface area contributed by atoms with Gasteiger partial charge in [0.2, 0.25) is 0 Å². The summed E-state index contributed by atoms with van der Waals surface area (Å²) in [5.74, 6) is -5.49. The van der Waals surface area contributed by atoms with Crippen molar-refractivity contribution >= 4 is 47.6 Å². The minimum absolute atomic E-state index is 0. The number of benzene rings is 4. The molecule has 16 nitrogen and oxygen atoms in total. The highest BCUT2D eigenvalue weighted by Gasteiger charge is 2.53. The SMILES string of the molecule is CC1(C(=O)O)OC(=O)CN(Cc2ccccc2)C1=O.CC1(C(=O)OCc2ccccc2)OC(=O)CN(Cc2ccccc2)C1=O.CC1OC(=O)CN(Cc2ccccc2)C1=O.[2HH]. The van der Waals surface area contributed by atoms with Gasteiger partial charge in [-0.05, 0) is 43.0 Å². The Morgan fingerprint density at radius 3 is 1.38 bits per heavy atom. The molecule has 3 fully saturated rings. The highest BCUT2D eigenvalue weighted by atomic mass is 16.6. The van der Waals surface area contributed by atoms with Gasteiger partial charge in [0, 0.05) is 21.1 Å². The van der Waals surface area contributed by atoms with Gasteiger partial charge in [-0.3, -0.25) is 28.8 Å². The summed E-state index contributed by atoms with van der Waals surface area (Å²) in [7, 11) is 0. The molecule has 0 spiro atoms. The molecule has 4 aromatic rings. The fraction of sp³-hybridized carbons (Fsp3) is 0.289. The lowest BCUT2D eigenvalue weighted by atomic mass is 10.0. The first-order valence-electron chi connectivity index (χ1n) is 19.2. The highest BCUT2D eigenvalue weighted by molar-refractivity contribution is 6.10. The third kappa shape index (κ3) is 11.7. The number of amides is 3. The molecule has 3 heterocycles. The first-order chi connectivity index (χ1) is 29.1. The second-order valence-corrected chi connectivity index (χ2v) is 14.5. The summed E-state index contributed by atoms with van der Waals surface area (Å²) in [5.41, 5.74) is -0.644. The van der Waals surface area contributed by atoms with Gasteiger partial charge in [0.25, 0.3) is 28.9 Å². The molecule has 1 N–H and O–H groups in total. The van der Waals surface area contributed by atoms with Gasteiger partial charge in [-0.15, -0.1) is 0 Å². The second kappa shape index (κ2) is 20.1. The van der Waals surface area contributed by atoms with Gasteiger partial charge in [0.05, 0.1) is 0 Å². The van der Waals surface area contributed by atoms with Crippen molar-refractivity contribution in [3.8, 4) is 0 Å². The van der Waals surface area contributed by atoms with Crippen molar-refractivity contribution in [2.24, 2.45) is 0 Å². The topological polar surface area (TPSA) is 203 Å². The summed E-state index contributed by atoms with van der Waals surface area (Å²) < 4.78 is 19.8. The molecule has 3 amide bonds. The fourth-order valence-electron chi connectivity index (χ4n) is 6.37. The molecule has 3 aliphatic heterocycles. The van der Waals surface area contributed by atoms with E-state index in [9.17, 15) is 38.4 Å². The molecule has 0 aromatic heterocycles. The Kier molecular flexibility index (Phi) is 14.7. The van der Waals surface area contributed by atoms with Crippen LogP contribution in [0.1, 0.15) is 44.5 Å². The Morgan fingerprint density at radius 1 is 0.590 bits per heavy atom. The molecule has 0 radical (unpaired) electrons. The average molecular weight is 839 g/mol. The summed E-state index contributed by atoms with van der Waals surface area (Å²) in [5, 5.41) is 9.04. The van der Waals surface area contributed by atoms with E-state index in [2.05, 4.69) is 4.74 Å². The van der Waals surface area contributed by atoms with Crippen molar-refractivity contribution in [3.05, 3.63) is 144 Å². The summed E-state index contributed by atoms with van der Waals surface area (Å²) in [6.07, 6.45) is -0.662. The summed E-state index contributed by atoms with van der Waals surface area (Å²) in [6, 6.07) is 36.9. The molecule has 7 rings (SSSR count). The van der Waals surface area contributed by atoms with Gasteiger partial charge in [-0.2, -0.15) is 0 Å². The van der Waals surface area contributed by atoms with E-state index < -0.39 is 53.0 Å². The zero-order valence-electron chi connectivity index (χ0n) is 33.8. The normalized spacial score (nSPS) is 21.1. The molecular formula is C45H47N3O13. The average Bonchev–Trinajstić information content (AvgIpc) is 3.24. The number of ether oxygens (including phenoxy) is 4. The lowest BCUT2D eigenvalue weighted by molar-refractivity contribution is -0.198. The molecule has 16 heteroatoms. The summed E-state index contributed by atoms with van der Waals surface area (Å²) in [4.78, 5) is 98.9. The van der Waals surface area contributed by atoms with E-state index in [0.29, 0.717) is 6.54 Å². The van der Waals surface area contributed by atoms with Crippen molar-refractivity contribution in [1.82, 2.24) is 14.7 Å². The van der Waals surface area contributed by atoms with Gasteiger partial charge in [0.15, 0.2) is 6.10 Å². The quantitative estimate of drug-likeness (QED) is 0.138. The Labute approximate surface area is 353 Å². The fourth-order valence-corrected chi connectivity index (χ4v) is 6.37. The number of esters is 4. The molecule has 0 saturated carbocycles. The smallest absolute Gasteiger partial charge is 0.360 e. The van der Waals surface area contributed by atoms with E-state index in [4.69, 9.17) is 19.3 Å². The first kappa shape index (κ1) is 44.7. The lowest BCUT2D eigenvalue weighted by Crippen LogP contribution is -2.61. The Hall–Kier alpha value is -7.36. The first-order valence-corrected chi connectivity index (χ1v) is 19.2. The molecule has 3 atom stereocenters. The highest BCUT2D eigenvalue weighted by Crippen LogP contribution is 2.25. The Morgan fingerprint density at radius 2 is 0.951 bits per heavy atom. The molecule has 4 aromatic carbocycles. The van der Waals surface area contributed by atoms with E-state index in [1.54, 1.807) is 43.3 Å². The summed E-state index contributed by atoms with van der Waals surface area (Å²) in [6.45, 7) is 4.41. The van der Waals surface area contributed by atoms with Crippen LogP contribution < -0.4 is 0 Å². The van der Waals surface area contributed by atoms with Crippen LogP contribution in [0, 0.1) is 0 Å². The third-order valence-corrected chi connectivity index (χ3v) is 9.61. The number of nitrogens with zero attached hydrogens (tertiary/aromatic N) is 3. The molecule has 0 bridgehead atoms.